The quantitative estimate of drug-likeness (QED) is 0.766. The van der Waals surface area contributed by atoms with Crippen molar-refractivity contribution >= 4 is 17.9 Å². The minimum Gasteiger partial charge on any atom is -0.478 e. The van der Waals surface area contributed by atoms with Gasteiger partial charge in [0.15, 0.2) is 0 Å². The van der Waals surface area contributed by atoms with Gasteiger partial charge < -0.3 is 14.9 Å². The average Bonchev–Trinajstić information content (AvgIpc) is 2.26. The number of ether oxygens (including phenoxy) is 1. The van der Waals surface area contributed by atoms with Crippen LogP contribution in [0.2, 0.25) is 0 Å². The molecule has 0 saturated carbocycles. The van der Waals surface area contributed by atoms with E-state index in [2.05, 4.69) is 4.74 Å². The number of carbonyl (C=O) groups is 3. The van der Waals surface area contributed by atoms with Crippen LogP contribution in [-0.4, -0.2) is 35.2 Å². The highest BCUT2D eigenvalue weighted by Crippen LogP contribution is 2.19. The molecule has 0 aliphatic heterocycles. The number of benzene rings is 1. The highest BCUT2D eigenvalue weighted by molar-refractivity contribution is 6.09. The lowest BCUT2D eigenvalue weighted by Gasteiger charge is -2.09. The van der Waals surface area contributed by atoms with Gasteiger partial charge in [0, 0.05) is 0 Å². The second-order valence-corrected chi connectivity index (χ2v) is 3.34. The van der Waals surface area contributed by atoms with E-state index in [-0.39, 0.29) is 11.1 Å². The molecule has 0 unspecified atom stereocenters. The van der Waals surface area contributed by atoms with E-state index in [0.29, 0.717) is 5.56 Å². The normalized spacial score (nSPS) is 9.76. The topological polar surface area (TPSA) is 101 Å². The van der Waals surface area contributed by atoms with Gasteiger partial charge in [-0.25, -0.2) is 14.4 Å². The predicted octanol–water partition coefficient (Wildman–Crippen LogP) is 1.18. The van der Waals surface area contributed by atoms with E-state index in [9.17, 15) is 14.4 Å². The van der Waals surface area contributed by atoms with E-state index < -0.39 is 23.5 Å². The molecule has 0 spiro atoms. The molecule has 0 aromatic heterocycles. The van der Waals surface area contributed by atoms with E-state index in [1.807, 2.05) is 0 Å². The summed E-state index contributed by atoms with van der Waals surface area (Å²) in [5.41, 5.74) is -0.769. The Morgan fingerprint density at radius 3 is 1.76 bits per heavy atom. The molecule has 2 N–H and O–H groups in total. The Hall–Kier alpha value is -2.37. The number of hydrogen-bond donors (Lipinski definition) is 2. The van der Waals surface area contributed by atoms with Crippen molar-refractivity contribution in [1.29, 1.82) is 0 Å². The number of aromatic carboxylic acids is 2. The molecule has 0 aliphatic carbocycles. The first-order valence-electron chi connectivity index (χ1n) is 4.58. The van der Waals surface area contributed by atoms with Crippen molar-refractivity contribution in [1.82, 2.24) is 0 Å². The van der Waals surface area contributed by atoms with Gasteiger partial charge in [-0.1, -0.05) is 0 Å². The van der Waals surface area contributed by atoms with Crippen molar-refractivity contribution in [2.45, 2.75) is 6.92 Å². The summed E-state index contributed by atoms with van der Waals surface area (Å²) in [5.74, 6) is -3.74. The van der Waals surface area contributed by atoms with E-state index >= 15 is 0 Å². The summed E-state index contributed by atoms with van der Waals surface area (Å²) in [6, 6.07) is 2.45. The molecule has 0 radical (unpaired) electrons. The van der Waals surface area contributed by atoms with Gasteiger partial charge in [-0.2, -0.15) is 0 Å². The van der Waals surface area contributed by atoms with Gasteiger partial charge >= 0.3 is 17.9 Å². The molecule has 1 rings (SSSR count). The second-order valence-electron chi connectivity index (χ2n) is 3.34. The van der Waals surface area contributed by atoms with E-state index in [4.69, 9.17) is 10.2 Å². The Morgan fingerprint density at radius 1 is 1.06 bits per heavy atom. The van der Waals surface area contributed by atoms with Crippen LogP contribution >= 0.6 is 0 Å². The lowest BCUT2D eigenvalue weighted by molar-refractivity contribution is 0.0568. The number of methoxy groups -OCH3 is 1. The van der Waals surface area contributed by atoms with Gasteiger partial charge in [-0.05, 0) is 24.6 Å². The fourth-order valence-corrected chi connectivity index (χ4v) is 1.45. The molecule has 0 atom stereocenters. The van der Waals surface area contributed by atoms with Crippen LogP contribution in [0.5, 0.6) is 0 Å². The maximum absolute atomic E-state index is 11.4. The number of carboxylic acid groups (broad SMARTS) is 2. The first-order valence-corrected chi connectivity index (χ1v) is 4.58. The van der Waals surface area contributed by atoms with Gasteiger partial charge in [0.05, 0.1) is 23.8 Å². The minimum atomic E-state index is -1.38. The molecule has 0 heterocycles. The molecular formula is C11H10O6. The third-order valence-electron chi connectivity index (χ3n) is 2.13. The number of carbonyl (C=O) groups excluding carboxylic acids is 1. The lowest BCUT2D eigenvalue weighted by Crippen LogP contribution is -2.16. The Labute approximate surface area is 96.4 Å². The molecule has 0 amide bonds. The van der Waals surface area contributed by atoms with E-state index in [0.717, 1.165) is 7.11 Å². The summed E-state index contributed by atoms with van der Waals surface area (Å²) in [6.45, 7) is 1.54. The number of rotatable bonds is 3. The van der Waals surface area contributed by atoms with Crippen molar-refractivity contribution < 1.29 is 29.3 Å². The molecule has 90 valence electrons. The third kappa shape index (κ3) is 2.41. The van der Waals surface area contributed by atoms with Gasteiger partial charge in [0.2, 0.25) is 0 Å². The molecule has 17 heavy (non-hydrogen) atoms. The standard InChI is InChI=1S/C11H10O6/c1-5-3-6(9(12)13)8(11(16)17-2)7(4-5)10(14)15/h3-4H,1-2H3,(H,12,13)(H,14,15). The zero-order valence-corrected chi connectivity index (χ0v) is 9.18. The van der Waals surface area contributed by atoms with Crippen LogP contribution in [0.15, 0.2) is 12.1 Å². The molecule has 1 aromatic carbocycles. The third-order valence-corrected chi connectivity index (χ3v) is 2.13. The number of hydrogen-bond acceptors (Lipinski definition) is 4. The highest BCUT2D eigenvalue weighted by atomic mass is 16.5. The minimum absolute atomic E-state index is 0.380. The molecule has 1 aromatic rings. The fraction of sp³-hybridized carbons (Fsp3) is 0.182. The largest absolute Gasteiger partial charge is 0.478 e. The van der Waals surface area contributed by atoms with Gasteiger partial charge in [-0.3, -0.25) is 0 Å². The van der Waals surface area contributed by atoms with E-state index in [1.165, 1.54) is 12.1 Å². The lowest BCUT2D eigenvalue weighted by atomic mass is 9.98. The molecule has 0 bridgehead atoms. The smallest absolute Gasteiger partial charge is 0.339 e. The SMILES string of the molecule is COC(=O)c1c(C(=O)O)cc(C)cc1C(=O)O. The van der Waals surface area contributed by atoms with Crippen LogP contribution in [0.1, 0.15) is 36.6 Å². The van der Waals surface area contributed by atoms with Crippen LogP contribution in [0.4, 0.5) is 0 Å². The Bertz CT molecular complexity index is 468. The van der Waals surface area contributed by atoms with Crippen molar-refractivity contribution in [3.05, 3.63) is 34.4 Å². The number of carboxylic acids is 2. The highest BCUT2D eigenvalue weighted by Gasteiger charge is 2.25. The van der Waals surface area contributed by atoms with E-state index in [1.54, 1.807) is 6.92 Å². The summed E-state index contributed by atoms with van der Waals surface area (Å²) < 4.78 is 4.39. The fourth-order valence-electron chi connectivity index (χ4n) is 1.45. The second kappa shape index (κ2) is 4.65. The summed E-state index contributed by atoms with van der Waals surface area (Å²) in [7, 11) is 1.06. The van der Waals surface area contributed by atoms with Crippen LogP contribution in [0, 0.1) is 6.92 Å². The Kier molecular flexibility index (Phi) is 3.47. The molecule has 0 saturated heterocycles. The zero-order valence-electron chi connectivity index (χ0n) is 9.18. The van der Waals surface area contributed by atoms with Crippen molar-refractivity contribution in [3.63, 3.8) is 0 Å². The maximum Gasteiger partial charge on any atom is 0.339 e. The van der Waals surface area contributed by atoms with Gasteiger partial charge in [-0.15, -0.1) is 0 Å². The molecule has 0 fully saturated rings. The molecule has 6 nitrogen and oxygen atoms in total. The first-order chi connectivity index (χ1) is 7.88. The van der Waals surface area contributed by atoms with Crippen LogP contribution in [0.25, 0.3) is 0 Å². The number of aryl methyl sites for hydroxylation is 1. The van der Waals surface area contributed by atoms with Crippen molar-refractivity contribution in [2.24, 2.45) is 0 Å². The monoisotopic (exact) mass is 238 g/mol. The van der Waals surface area contributed by atoms with Crippen molar-refractivity contribution in [2.75, 3.05) is 7.11 Å². The molecule has 0 aliphatic rings. The Morgan fingerprint density at radius 2 is 1.47 bits per heavy atom. The molecular weight excluding hydrogens is 228 g/mol. The first kappa shape index (κ1) is 12.7. The summed E-state index contributed by atoms with van der Waals surface area (Å²) in [4.78, 5) is 33.4. The number of esters is 1. The van der Waals surface area contributed by atoms with Gasteiger partial charge in [0.1, 0.15) is 0 Å². The summed E-state index contributed by atoms with van der Waals surface area (Å²) in [6.07, 6.45) is 0. The maximum atomic E-state index is 11.4. The van der Waals surface area contributed by atoms with Crippen LogP contribution in [0.3, 0.4) is 0 Å². The summed E-state index contributed by atoms with van der Waals surface area (Å²) in [5, 5.41) is 17.9. The average molecular weight is 238 g/mol. The zero-order chi connectivity index (χ0) is 13.2. The van der Waals surface area contributed by atoms with Crippen LogP contribution in [-0.2, 0) is 4.74 Å². The Balaban J connectivity index is 3.64. The van der Waals surface area contributed by atoms with Crippen LogP contribution < -0.4 is 0 Å². The summed E-state index contributed by atoms with van der Waals surface area (Å²) >= 11 is 0. The predicted molar refractivity (Wildman–Crippen MR) is 56.4 cm³/mol. The van der Waals surface area contributed by atoms with Crippen molar-refractivity contribution in [3.8, 4) is 0 Å². The molecule has 6 heteroatoms. The van der Waals surface area contributed by atoms with Gasteiger partial charge in [0.25, 0.3) is 0 Å².